The lowest BCUT2D eigenvalue weighted by molar-refractivity contribution is 0.325. The molecule has 108 valence electrons. The molecule has 0 aliphatic carbocycles. The van der Waals surface area contributed by atoms with Crippen molar-refractivity contribution in [1.29, 1.82) is 0 Å². The molecule has 3 aromatic rings. The first-order chi connectivity index (χ1) is 10.1. The number of fused-ring (bicyclic) bond motifs is 1. The molecule has 0 fully saturated rings. The Labute approximate surface area is 123 Å². The number of benzene rings is 1. The number of hydrogen-bond donors (Lipinski definition) is 1. The van der Waals surface area contributed by atoms with Gasteiger partial charge >= 0.3 is 0 Å². The molecule has 1 aromatic carbocycles. The summed E-state index contributed by atoms with van der Waals surface area (Å²) in [6.45, 7) is 6.09. The minimum absolute atomic E-state index is 0.240. The van der Waals surface area contributed by atoms with Crippen LogP contribution < -0.4 is 5.73 Å². The van der Waals surface area contributed by atoms with Gasteiger partial charge < -0.3 is 10.3 Å². The molecule has 2 N–H and O–H groups in total. The van der Waals surface area contributed by atoms with Gasteiger partial charge in [0.1, 0.15) is 5.69 Å². The fraction of sp³-hybridized carbons (Fsp3) is 0.312. The van der Waals surface area contributed by atoms with Gasteiger partial charge in [0.2, 0.25) is 11.7 Å². The molecule has 0 amide bonds. The highest BCUT2D eigenvalue weighted by molar-refractivity contribution is 5.84. The minimum atomic E-state index is -0.257. The van der Waals surface area contributed by atoms with E-state index in [0.29, 0.717) is 17.4 Å². The molecule has 2 heterocycles. The van der Waals surface area contributed by atoms with E-state index in [-0.39, 0.29) is 12.0 Å². The van der Waals surface area contributed by atoms with Crippen molar-refractivity contribution in [3.8, 4) is 11.5 Å². The second-order valence-corrected chi connectivity index (χ2v) is 5.57. The van der Waals surface area contributed by atoms with Gasteiger partial charge in [0, 0.05) is 5.39 Å². The van der Waals surface area contributed by atoms with E-state index in [4.69, 9.17) is 10.3 Å². The van der Waals surface area contributed by atoms with Gasteiger partial charge in [-0.2, -0.15) is 4.98 Å². The Morgan fingerprint density at radius 3 is 2.67 bits per heavy atom. The predicted octanol–water partition coefficient (Wildman–Crippen LogP) is 3.25. The summed E-state index contributed by atoms with van der Waals surface area (Å²) in [5, 5.41) is 5.14. The van der Waals surface area contributed by atoms with Crippen LogP contribution in [-0.4, -0.2) is 15.1 Å². The maximum absolute atomic E-state index is 6.03. The molecule has 21 heavy (non-hydrogen) atoms. The first kappa shape index (κ1) is 13.7. The van der Waals surface area contributed by atoms with Crippen molar-refractivity contribution in [2.45, 2.75) is 26.8 Å². The zero-order chi connectivity index (χ0) is 15.0. The fourth-order valence-corrected chi connectivity index (χ4v) is 2.22. The van der Waals surface area contributed by atoms with E-state index in [2.05, 4.69) is 21.2 Å². The Hall–Kier alpha value is -2.27. The van der Waals surface area contributed by atoms with Gasteiger partial charge in [-0.05, 0) is 30.5 Å². The number of aromatic nitrogens is 3. The quantitative estimate of drug-likeness (QED) is 0.797. The summed E-state index contributed by atoms with van der Waals surface area (Å²) in [6.07, 6.45) is 0. The molecule has 5 heteroatoms. The van der Waals surface area contributed by atoms with Crippen molar-refractivity contribution in [2.24, 2.45) is 11.7 Å². The average molecular weight is 282 g/mol. The van der Waals surface area contributed by atoms with Crippen molar-refractivity contribution in [2.75, 3.05) is 0 Å². The van der Waals surface area contributed by atoms with Crippen LogP contribution in [-0.2, 0) is 0 Å². The smallest absolute Gasteiger partial charge is 0.244 e. The number of nitrogens with two attached hydrogens (primary N) is 1. The number of pyridine rings is 1. The normalized spacial score (nSPS) is 13.0. The van der Waals surface area contributed by atoms with E-state index in [9.17, 15) is 0 Å². The number of aryl methyl sites for hydroxylation is 1. The molecule has 2 aromatic heterocycles. The Bertz CT molecular complexity index is 779. The van der Waals surface area contributed by atoms with Crippen LogP contribution in [0.15, 0.2) is 34.9 Å². The largest absolute Gasteiger partial charge is 0.337 e. The van der Waals surface area contributed by atoms with E-state index in [1.807, 2.05) is 45.0 Å². The lowest BCUT2D eigenvalue weighted by Gasteiger charge is -2.09. The molecule has 3 rings (SSSR count). The maximum Gasteiger partial charge on any atom is 0.244 e. The summed E-state index contributed by atoms with van der Waals surface area (Å²) >= 11 is 0. The van der Waals surface area contributed by atoms with Gasteiger partial charge in [-0.25, -0.2) is 4.98 Å². The lowest BCUT2D eigenvalue weighted by Crippen LogP contribution is -2.16. The van der Waals surface area contributed by atoms with Crippen LogP contribution in [0.3, 0.4) is 0 Å². The van der Waals surface area contributed by atoms with Crippen LogP contribution in [0.2, 0.25) is 0 Å². The van der Waals surface area contributed by atoms with Crippen LogP contribution in [0.4, 0.5) is 0 Å². The minimum Gasteiger partial charge on any atom is -0.337 e. The van der Waals surface area contributed by atoms with Crippen molar-refractivity contribution in [3.63, 3.8) is 0 Å². The number of para-hydroxylation sites is 1. The molecular weight excluding hydrogens is 264 g/mol. The molecule has 0 saturated heterocycles. The van der Waals surface area contributed by atoms with Gasteiger partial charge in [-0.15, -0.1) is 0 Å². The lowest BCUT2D eigenvalue weighted by atomic mass is 10.1. The van der Waals surface area contributed by atoms with Gasteiger partial charge in [0.15, 0.2) is 0 Å². The summed E-state index contributed by atoms with van der Waals surface area (Å²) in [6, 6.07) is 9.72. The predicted molar refractivity (Wildman–Crippen MR) is 81.5 cm³/mol. The van der Waals surface area contributed by atoms with E-state index in [0.717, 1.165) is 16.5 Å². The standard InChI is InChI=1S/C16H18N4O/c1-9(2)14(17)16-19-15(20-21-16)13-8-10(3)11-6-4-5-7-12(11)18-13/h4-9,14H,17H2,1-3H3. The van der Waals surface area contributed by atoms with E-state index >= 15 is 0 Å². The first-order valence-electron chi connectivity index (χ1n) is 7.02. The molecule has 0 bridgehead atoms. The second kappa shape index (κ2) is 5.26. The summed E-state index contributed by atoms with van der Waals surface area (Å²) in [5.41, 5.74) is 8.80. The molecular formula is C16H18N4O. The molecule has 0 aliphatic rings. The number of hydrogen-bond acceptors (Lipinski definition) is 5. The van der Waals surface area contributed by atoms with E-state index in [1.165, 1.54) is 0 Å². The van der Waals surface area contributed by atoms with Crippen LogP contribution in [0.1, 0.15) is 31.3 Å². The number of nitrogens with zero attached hydrogens (tertiary/aromatic N) is 3. The second-order valence-electron chi connectivity index (χ2n) is 5.57. The molecule has 0 radical (unpaired) electrons. The monoisotopic (exact) mass is 282 g/mol. The van der Waals surface area contributed by atoms with Crippen LogP contribution >= 0.6 is 0 Å². The SMILES string of the molecule is Cc1cc(-c2noc(C(N)C(C)C)n2)nc2ccccc12. The topological polar surface area (TPSA) is 77.8 Å². The van der Waals surface area contributed by atoms with Crippen molar-refractivity contribution in [1.82, 2.24) is 15.1 Å². The molecule has 0 spiro atoms. The van der Waals surface area contributed by atoms with E-state index < -0.39 is 0 Å². The van der Waals surface area contributed by atoms with Gasteiger partial charge in [0.05, 0.1) is 11.6 Å². The summed E-state index contributed by atoms with van der Waals surface area (Å²) in [5.74, 6) is 1.17. The molecule has 0 aliphatic heterocycles. The Balaban J connectivity index is 2.05. The zero-order valence-electron chi connectivity index (χ0n) is 12.4. The molecule has 0 saturated carbocycles. The van der Waals surface area contributed by atoms with Crippen LogP contribution in [0.5, 0.6) is 0 Å². The summed E-state index contributed by atoms with van der Waals surface area (Å²) < 4.78 is 5.27. The van der Waals surface area contributed by atoms with Gasteiger partial charge in [0.25, 0.3) is 0 Å². The zero-order valence-corrected chi connectivity index (χ0v) is 12.4. The van der Waals surface area contributed by atoms with Crippen molar-refractivity contribution < 1.29 is 4.52 Å². The average Bonchev–Trinajstić information content (AvgIpc) is 2.96. The Morgan fingerprint density at radius 2 is 1.90 bits per heavy atom. The third-order valence-electron chi connectivity index (χ3n) is 3.60. The highest BCUT2D eigenvalue weighted by Gasteiger charge is 2.19. The van der Waals surface area contributed by atoms with Crippen LogP contribution in [0, 0.1) is 12.8 Å². The molecule has 1 atom stereocenters. The molecule has 5 nitrogen and oxygen atoms in total. The van der Waals surface area contributed by atoms with Crippen LogP contribution in [0.25, 0.3) is 22.4 Å². The first-order valence-corrected chi connectivity index (χ1v) is 7.02. The fourth-order valence-electron chi connectivity index (χ4n) is 2.22. The Kier molecular flexibility index (Phi) is 3.43. The van der Waals surface area contributed by atoms with E-state index in [1.54, 1.807) is 0 Å². The maximum atomic E-state index is 6.03. The van der Waals surface area contributed by atoms with Crippen molar-refractivity contribution >= 4 is 10.9 Å². The third kappa shape index (κ3) is 2.52. The Morgan fingerprint density at radius 1 is 1.14 bits per heavy atom. The van der Waals surface area contributed by atoms with Crippen molar-refractivity contribution in [3.05, 3.63) is 41.8 Å². The molecule has 1 unspecified atom stereocenters. The third-order valence-corrected chi connectivity index (χ3v) is 3.60. The highest BCUT2D eigenvalue weighted by atomic mass is 16.5. The number of rotatable bonds is 3. The summed E-state index contributed by atoms with van der Waals surface area (Å²) in [4.78, 5) is 8.98. The summed E-state index contributed by atoms with van der Waals surface area (Å²) in [7, 11) is 0. The highest BCUT2D eigenvalue weighted by Crippen LogP contribution is 2.24. The van der Waals surface area contributed by atoms with Gasteiger partial charge in [-0.1, -0.05) is 37.2 Å². The van der Waals surface area contributed by atoms with Gasteiger partial charge in [-0.3, -0.25) is 0 Å².